The number of thioether (sulfide) groups is 1. The van der Waals surface area contributed by atoms with Gasteiger partial charge in [0, 0.05) is 23.5 Å². The summed E-state index contributed by atoms with van der Waals surface area (Å²) in [5.41, 5.74) is 2.10. The molecule has 0 bridgehead atoms. The molecule has 92 valence electrons. The minimum Gasteiger partial charge on any atom is -0.351 e. The van der Waals surface area contributed by atoms with Crippen LogP contribution in [0.25, 0.3) is 0 Å². The first-order chi connectivity index (χ1) is 8.31. The van der Waals surface area contributed by atoms with Crippen LogP contribution in [0.15, 0.2) is 23.1 Å². The Morgan fingerprint density at radius 2 is 2.29 bits per heavy atom. The van der Waals surface area contributed by atoms with Crippen LogP contribution in [0.3, 0.4) is 0 Å². The summed E-state index contributed by atoms with van der Waals surface area (Å²) >= 11 is 1.89. The van der Waals surface area contributed by atoms with Gasteiger partial charge < -0.3 is 10.6 Å². The van der Waals surface area contributed by atoms with E-state index in [1.807, 2.05) is 30.9 Å². The van der Waals surface area contributed by atoms with Crippen molar-refractivity contribution in [2.45, 2.75) is 17.7 Å². The van der Waals surface area contributed by atoms with Crippen LogP contribution in [-0.2, 0) is 6.42 Å². The van der Waals surface area contributed by atoms with Crippen LogP contribution in [0.2, 0.25) is 0 Å². The normalized spacial score (nSPS) is 14.2. The Labute approximate surface area is 106 Å². The number of nitrogens with one attached hydrogen (secondary N) is 2. The van der Waals surface area contributed by atoms with Crippen molar-refractivity contribution in [2.24, 2.45) is 0 Å². The minimum atomic E-state index is 0.0265. The number of carbonyl (C=O) groups excluding carboxylic acids is 1. The Kier molecular flexibility index (Phi) is 4.45. The average molecular weight is 250 g/mol. The van der Waals surface area contributed by atoms with Crippen molar-refractivity contribution in [1.29, 1.82) is 0 Å². The van der Waals surface area contributed by atoms with Crippen LogP contribution in [0.1, 0.15) is 22.3 Å². The zero-order valence-electron chi connectivity index (χ0n) is 10.1. The van der Waals surface area contributed by atoms with E-state index in [4.69, 9.17) is 0 Å². The third-order valence-corrected chi connectivity index (χ3v) is 4.03. The minimum absolute atomic E-state index is 0.0265. The molecule has 0 atom stereocenters. The molecule has 1 aliphatic rings. The van der Waals surface area contributed by atoms with Gasteiger partial charge in [0.05, 0.1) is 0 Å². The first-order valence-electron chi connectivity index (χ1n) is 6.00. The van der Waals surface area contributed by atoms with Crippen LogP contribution < -0.4 is 10.6 Å². The maximum atomic E-state index is 11.9. The maximum Gasteiger partial charge on any atom is 0.251 e. The second kappa shape index (κ2) is 6.07. The summed E-state index contributed by atoms with van der Waals surface area (Å²) in [5.74, 6) is 1.22. The van der Waals surface area contributed by atoms with Gasteiger partial charge in [-0.2, -0.15) is 0 Å². The lowest BCUT2D eigenvalue weighted by atomic mass is 10.1. The molecule has 4 heteroatoms. The van der Waals surface area contributed by atoms with Crippen molar-refractivity contribution in [2.75, 3.05) is 25.9 Å². The van der Waals surface area contributed by atoms with Gasteiger partial charge >= 0.3 is 0 Å². The first-order valence-corrected chi connectivity index (χ1v) is 6.98. The molecule has 1 heterocycles. The highest BCUT2D eigenvalue weighted by Crippen LogP contribution is 2.30. The molecule has 0 spiro atoms. The monoisotopic (exact) mass is 250 g/mol. The van der Waals surface area contributed by atoms with E-state index >= 15 is 0 Å². The quantitative estimate of drug-likeness (QED) is 0.799. The fourth-order valence-corrected chi connectivity index (χ4v) is 2.92. The SMILES string of the molecule is CNCCNC(=O)c1ccc2c(c1)CCCS2. The summed E-state index contributed by atoms with van der Waals surface area (Å²) in [7, 11) is 1.88. The summed E-state index contributed by atoms with van der Waals surface area (Å²) in [6.45, 7) is 1.47. The summed E-state index contributed by atoms with van der Waals surface area (Å²) in [6, 6.07) is 6.04. The van der Waals surface area contributed by atoms with Gasteiger partial charge in [0.1, 0.15) is 0 Å². The summed E-state index contributed by atoms with van der Waals surface area (Å²) in [6.07, 6.45) is 2.31. The number of rotatable bonds is 4. The predicted molar refractivity (Wildman–Crippen MR) is 71.7 cm³/mol. The third kappa shape index (κ3) is 3.23. The molecule has 0 saturated carbocycles. The Morgan fingerprint density at radius 1 is 1.41 bits per heavy atom. The van der Waals surface area contributed by atoms with Crippen LogP contribution >= 0.6 is 11.8 Å². The number of aryl methyl sites for hydroxylation is 1. The Bertz CT molecular complexity index is 406. The lowest BCUT2D eigenvalue weighted by Gasteiger charge is -2.15. The molecule has 2 rings (SSSR count). The van der Waals surface area contributed by atoms with Crippen molar-refractivity contribution >= 4 is 17.7 Å². The molecule has 3 nitrogen and oxygen atoms in total. The van der Waals surface area contributed by atoms with E-state index in [2.05, 4.69) is 16.7 Å². The van der Waals surface area contributed by atoms with E-state index in [0.717, 1.165) is 18.5 Å². The number of carbonyl (C=O) groups is 1. The molecule has 2 N–H and O–H groups in total. The average Bonchev–Trinajstić information content (AvgIpc) is 2.38. The second-order valence-electron chi connectivity index (χ2n) is 4.13. The highest BCUT2D eigenvalue weighted by atomic mass is 32.2. The molecule has 1 aliphatic heterocycles. The number of amides is 1. The van der Waals surface area contributed by atoms with Gasteiger partial charge in [0.25, 0.3) is 5.91 Å². The standard InChI is InChI=1S/C13H18N2OS/c1-14-6-7-15-13(16)11-4-5-12-10(9-11)3-2-8-17-12/h4-5,9,14H,2-3,6-8H2,1H3,(H,15,16). The molecule has 0 aromatic heterocycles. The summed E-state index contributed by atoms with van der Waals surface area (Å²) in [5, 5.41) is 5.90. The van der Waals surface area contributed by atoms with E-state index in [-0.39, 0.29) is 5.91 Å². The molecule has 1 aromatic carbocycles. The number of hydrogen-bond acceptors (Lipinski definition) is 3. The van der Waals surface area contributed by atoms with Gasteiger partial charge in [-0.1, -0.05) is 0 Å². The van der Waals surface area contributed by atoms with Gasteiger partial charge in [-0.15, -0.1) is 11.8 Å². The van der Waals surface area contributed by atoms with Crippen molar-refractivity contribution in [3.05, 3.63) is 29.3 Å². The number of hydrogen-bond donors (Lipinski definition) is 2. The molecule has 0 saturated heterocycles. The predicted octanol–water partition coefficient (Wildman–Crippen LogP) is 1.67. The van der Waals surface area contributed by atoms with Gasteiger partial charge in [0.15, 0.2) is 0 Å². The Balaban J connectivity index is 2.03. The zero-order valence-corrected chi connectivity index (χ0v) is 10.9. The topological polar surface area (TPSA) is 41.1 Å². The molecule has 1 aromatic rings. The number of fused-ring (bicyclic) bond motifs is 1. The smallest absolute Gasteiger partial charge is 0.251 e. The zero-order chi connectivity index (χ0) is 12.1. The second-order valence-corrected chi connectivity index (χ2v) is 5.27. The molecule has 0 aliphatic carbocycles. The van der Waals surface area contributed by atoms with Gasteiger partial charge in [-0.3, -0.25) is 4.79 Å². The highest BCUT2D eigenvalue weighted by Gasteiger charge is 2.12. The first kappa shape index (κ1) is 12.5. The van der Waals surface area contributed by atoms with Crippen LogP contribution in [0, 0.1) is 0 Å². The van der Waals surface area contributed by atoms with E-state index in [1.165, 1.54) is 22.6 Å². The summed E-state index contributed by atoms with van der Waals surface area (Å²) in [4.78, 5) is 13.2. The third-order valence-electron chi connectivity index (χ3n) is 2.83. The van der Waals surface area contributed by atoms with Crippen molar-refractivity contribution < 1.29 is 4.79 Å². The van der Waals surface area contributed by atoms with Crippen molar-refractivity contribution in [3.8, 4) is 0 Å². The number of benzene rings is 1. The molecular formula is C13H18N2OS. The lowest BCUT2D eigenvalue weighted by molar-refractivity contribution is 0.0954. The van der Waals surface area contributed by atoms with E-state index in [0.29, 0.717) is 6.54 Å². The Hall–Kier alpha value is -1.00. The van der Waals surface area contributed by atoms with Crippen molar-refractivity contribution in [1.82, 2.24) is 10.6 Å². The fourth-order valence-electron chi connectivity index (χ4n) is 1.90. The molecule has 17 heavy (non-hydrogen) atoms. The van der Waals surface area contributed by atoms with Crippen LogP contribution in [0.5, 0.6) is 0 Å². The molecule has 0 radical (unpaired) electrons. The van der Waals surface area contributed by atoms with Gasteiger partial charge in [-0.05, 0) is 49.4 Å². The van der Waals surface area contributed by atoms with Crippen molar-refractivity contribution in [3.63, 3.8) is 0 Å². The van der Waals surface area contributed by atoms with Crippen LogP contribution in [-0.4, -0.2) is 31.8 Å². The van der Waals surface area contributed by atoms with Crippen LogP contribution in [0.4, 0.5) is 0 Å². The van der Waals surface area contributed by atoms with Gasteiger partial charge in [-0.25, -0.2) is 0 Å². The van der Waals surface area contributed by atoms with Gasteiger partial charge in [0.2, 0.25) is 0 Å². The maximum absolute atomic E-state index is 11.9. The van der Waals surface area contributed by atoms with E-state index in [1.54, 1.807) is 0 Å². The lowest BCUT2D eigenvalue weighted by Crippen LogP contribution is -2.30. The fraction of sp³-hybridized carbons (Fsp3) is 0.462. The molecule has 0 fully saturated rings. The largest absolute Gasteiger partial charge is 0.351 e. The van der Waals surface area contributed by atoms with E-state index in [9.17, 15) is 4.79 Å². The summed E-state index contributed by atoms with van der Waals surface area (Å²) < 4.78 is 0. The highest BCUT2D eigenvalue weighted by molar-refractivity contribution is 7.99. The Morgan fingerprint density at radius 3 is 3.12 bits per heavy atom. The van der Waals surface area contributed by atoms with E-state index < -0.39 is 0 Å². The molecule has 1 amide bonds. The molecular weight excluding hydrogens is 232 g/mol. The molecule has 0 unspecified atom stereocenters. The number of likely N-dealkylation sites (N-methyl/N-ethyl adjacent to an activating group) is 1.